The summed E-state index contributed by atoms with van der Waals surface area (Å²) in [6, 6.07) is 0. The molecule has 2 rings (SSSR count). The Bertz CT molecular complexity index is 145. The van der Waals surface area contributed by atoms with Crippen LogP contribution in [-0.2, 0) is 16.8 Å². The quantitative estimate of drug-likeness (QED) is 0.533. The topological polar surface area (TPSA) is 0 Å². The van der Waals surface area contributed by atoms with E-state index in [1.165, 1.54) is 0 Å². The maximum Gasteiger partial charge on any atom is 0 e. The molecule has 0 saturated heterocycles. The van der Waals surface area contributed by atoms with Crippen LogP contribution in [0.5, 0.6) is 0 Å². The summed E-state index contributed by atoms with van der Waals surface area (Å²) in [5.74, 6) is 0. The second kappa shape index (κ2) is 6.58. The SMILES string of the molecule is C1=CC=C1.C1=CCC=C1.[Co]. The zero-order valence-corrected chi connectivity index (χ0v) is 6.70. The molecule has 10 heavy (non-hydrogen) atoms. The van der Waals surface area contributed by atoms with Gasteiger partial charge in [0.2, 0.25) is 0 Å². The predicted octanol–water partition coefficient (Wildman–Crippen LogP) is 2.61. The Morgan fingerprint density at radius 3 is 1.10 bits per heavy atom. The molecule has 0 heterocycles. The van der Waals surface area contributed by atoms with Gasteiger partial charge in [0.15, 0.2) is 0 Å². The molecule has 0 aromatic rings. The molecule has 0 aromatic carbocycles. The zero-order valence-electron chi connectivity index (χ0n) is 5.66. The second-order valence-corrected chi connectivity index (χ2v) is 1.86. The normalized spacial score (nSPS) is 15.2. The Hall–Kier alpha value is -0.534. The van der Waals surface area contributed by atoms with E-state index in [2.05, 4.69) is 24.3 Å². The van der Waals surface area contributed by atoms with Gasteiger partial charge in [-0.25, -0.2) is 0 Å². The summed E-state index contributed by atoms with van der Waals surface area (Å²) in [7, 11) is 0. The molecule has 2 aliphatic rings. The summed E-state index contributed by atoms with van der Waals surface area (Å²) in [6.07, 6.45) is 17.5. The van der Waals surface area contributed by atoms with Crippen LogP contribution in [0.3, 0.4) is 0 Å². The van der Waals surface area contributed by atoms with Crippen LogP contribution in [0.15, 0.2) is 48.6 Å². The first-order chi connectivity index (χ1) is 4.50. The Morgan fingerprint density at radius 2 is 1.00 bits per heavy atom. The Morgan fingerprint density at radius 1 is 0.600 bits per heavy atom. The van der Waals surface area contributed by atoms with Gasteiger partial charge in [-0.15, -0.1) is 0 Å². The van der Waals surface area contributed by atoms with Crippen molar-refractivity contribution in [2.45, 2.75) is 6.42 Å². The molecular weight excluding hydrogens is 167 g/mol. The number of hydrogen-bond donors (Lipinski definition) is 0. The molecule has 0 spiro atoms. The molecule has 0 fully saturated rings. The largest absolute Gasteiger partial charge is 0.0808 e. The summed E-state index contributed by atoms with van der Waals surface area (Å²) >= 11 is 0. The fourth-order valence-electron chi connectivity index (χ4n) is 0.504. The minimum Gasteiger partial charge on any atom is -0.0808 e. The summed E-state index contributed by atoms with van der Waals surface area (Å²) in [5, 5.41) is 0. The fourth-order valence-corrected chi connectivity index (χ4v) is 0.504. The van der Waals surface area contributed by atoms with Crippen molar-refractivity contribution >= 4 is 0 Å². The van der Waals surface area contributed by atoms with Gasteiger partial charge in [-0.05, 0) is 6.42 Å². The van der Waals surface area contributed by atoms with Crippen LogP contribution < -0.4 is 0 Å². The molecule has 0 aliphatic heterocycles. The first-order valence-corrected chi connectivity index (χ1v) is 3.15. The Labute approximate surface area is 72.2 Å². The molecule has 0 nitrogen and oxygen atoms in total. The van der Waals surface area contributed by atoms with E-state index in [0.717, 1.165) is 6.42 Å². The molecule has 0 bridgehead atoms. The third-order valence-electron chi connectivity index (χ3n) is 1.10. The molecule has 0 aromatic heterocycles. The molecular formula is C9H10Co. The van der Waals surface area contributed by atoms with Crippen LogP contribution in [0.2, 0.25) is 0 Å². The van der Waals surface area contributed by atoms with E-state index in [-0.39, 0.29) is 16.8 Å². The van der Waals surface area contributed by atoms with Crippen molar-refractivity contribution in [1.82, 2.24) is 0 Å². The van der Waals surface area contributed by atoms with E-state index in [9.17, 15) is 0 Å². The smallest absolute Gasteiger partial charge is 0 e. The fraction of sp³-hybridized carbons (Fsp3) is 0.111. The van der Waals surface area contributed by atoms with Crippen LogP contribution in [0.1, 0.15) is 6.42 Å². The minimum atomic E-state index is 0. The van der Waals surface area contributed by atoms with E-state index < -0.39 is 0 Å². The molecule has 1 heteroatoms. The predicted molar refractivity (Wildman–Crippen MR) is 41.2 cm³/mol. The summed E-state index contributed by atoms with van der Waals surface area (Å²) < 4.78 is 0. The Balaban J connectivity index is 0.000000150. The Kier molecular flexibility index (Phi) is 6.23. The molecule has 0 saturated carbocycles. The molecule has 0 unspecified atom stereocenters. The van der Waals surface area contributed by atoms with Gasteiger partial charge in [-0.3, -0.25) is 0 Å². The van der Waals surface area contributed by atoms with E-state index >= 15 is 0 Å². The average Bonchev–Trinajstić information content (AvgIpc) is 2.07. The van der Waals surface area contributed by atoms with Gasteiger partial charge in [0.1, 0.15) is 0 Å². The van der Waals surface area contributed by atoms with Crippen molar-refractivity contribution in [1.29, 1.82) is 0 Å². The van der Waals surface area contributed by atoms with E-state index in [1.54, 1.807) is 0 Å². The van der Waals surface area contributed by atoms with E-state index in [4.69, 9.17) is 0 Å². The van der Waals surface area contributed by atoms with Crippen LogP contribution in [-0.4, -0.2) is 0 Å². The van der Waals surface area contributed by atoms with Crippen molar-refractivity contribution in [3.05, 3.63) is 48.6 Å². The molecule has 1 radical (unpaired) electrons. The third-order valence-corrected chi connectivity index (χ3v) is 1.10. The van der Waals surface area contributed by atoms with Gasteiger partial charge in [0.25, 0.3) is 0 Å². The van der Waals surface area contributed by atoms with Crippen LogP contribution in [0.25, 0.3) is 0 Å². The van der Waals surface area contributed by atoms with Crippen LogP contribution in [0, 0.1) is 0 Å². The van der Waals surface area contributed by atoms with Gasteiger partial charge >= 0.3 is 0 Å². The number of hydrogen-bond acceptors (Lipinski definition) is 0. The third kappa shape index (κ3) is 4.36. The number of allylic oxidation sites excluding steroid dienone is 8. The van der Waals surface area contributed by atoms with E-state index in [0.29, 0.717) is 0 Å². The second-order valence-electron chi connectivity index (χ2n) is 1.86. The van der Waals surface area contributed by atoms with Gasteiger partial charge < -0.3 is 0 Å². The van der Waals surface area contributed by atoms with Crippen LogP contribution in [0.4, 0.5) is 0 Å². The van der Waals surface area contributed by atoms with Crippen molar-refractivity contribution in [2.24, 2.45) is 0 Å². The van der Waals surface area contributed by atoms with Crippen LogP contribution >= 0.6 is 0 Å². The first kappa shape index (κ1) is 9.47. The molecule has 2 aliphatic carbocycles. The molecule has 0 amide bonds. The molecule has 0 N–H and O–H groups in total. The van der Waals surface area contributed by atoms with Gasteiger partial charge in [-0.1, -0.05) is 48.6 Å². The zero-order chi connectivity index (χ0) is 6.36. The summed E-state index contributed by atoms with van der Waals surface area (Å²) in [4.78, 5) is 0. The first-order valence-electron chi connectivity index (χ1n) is 3.15. The van der Waals surface area contributed by atoms with Gasteiger partial charge in [-0.2, -0.15) is 0 Å². The summed E-state index contributed by atoms with van der Waals surface area (Å²) in [5.41, 5.74) is 0. The maximum absolute atomic E-state index is 2.12. The molecule has 0 atom stereocenters. The maximum atomic E-state index is 2.12. The van der Waals surface area contributed by atoms with Crippen molar-refractivity contribution in [3.63, 3.8) is 0 Å². The molecule has 55 valence electrons. The summed E-state index contributed by atoms with van der Waals surface area (Å²) in [6.45, 7) is 0. The monoisotopic (exact) mass is 177 g/mol. The van der Waals surface area contributed by atoms with Crippen molar-refractivity contribution in [3.8, 4) is 0 Å². The number of rotatable bonds is 0. The van der Waals surface area contributed by atoms with E-state index in [1.807, 2.05) is 24.3 Å². The van der Waals surface area contributed by atoms with Crippen molar-refractivity contribution < 1.29 is 16.8 Å². The minimum absolute atomic E-state index is 0. The van der Waals surface area contributed by atoms with Crippen molar-refractivity contribution in [2.75, 3.05) is 0 Å². The van der Waals surface area contributed by atoms with Gasteiger partial charge in [0, 0.05) is 16.8 Å². The van der Waals surface area contributed by atoms with Gasteiger partial charge in [0.05, 0.1) is 0 Å². The standard InChI is InChI=1S/C5H6.C4H4.Co/c1-2-4-5-3-1;1-2-4-3-1;/h1-4H,5H2;1-4H;. The average molecular weight is 177 g/mol.